The lowest BCUT2D eigenvalue weighted by atomic mass is 10.1. The van der Waals surface area contributed by atoms with Gasteiger partial charge in [-0.1, -0.05) is 15.9 Å². The van der Waals surface area contributed by atoms with E-state index in [0.717, 1.165) is 15.4 Å². The smallest absolute Gasteiger partial charge is 0.289 e. The number of ether oxygens (including phenoxy) is 1. The Bertz CT molecular complexity index is 652. The van der Waals surface area contributed by atoms with Gasteiger partial charge in [0.15, 0.2) is 5.76 Å². The number of hydrogen-bond acceptors (Lipinski definition) is 4. The number of rotatable bonds is 5. The van der Waals surface area contributed by atoms with Crippen molar-refractivity contribution in [3.8, 4) is 0 Å². The van der Waals surface area contributed by atoms with E-state index in [2.05, 4.69) is 15.9 Å². The highest BCUT2D eigenvalue weighted by molar-refractivity contribution is 9.10. The number of amides is 1. The van der Waals surface area contributed by atoms with Crippen molar-refractivity contribution in [2.45, 2.75) is 13.0 Å². The fraction of sp³-hybridized carbons (Fsp3) is 0.400. The number of hydrogen-bond donors (Lipinski definition) is 1. The molecule has 21 heavy (non-hydrogen) atoms. The van der Waals surface area contributed by atoms with Gasteiger partial charge in [0.1, 0.15) is 5.58 Å². The predicted molar refractivity (Wildman–Crippen MR) is 83.5 cm³/mol. The Morgan fingerprint density at radius 2 is 2.24 bits per heavy atom. The summed E-state index contributed by atoms with van der Waals surface area (Å²) in [5.74, 6) is 0.0465. The summed E-state index contributed by atoms with van der Waals surface area (Å²) in [6, 6.07) is 5.61. The van der Waals surface area contributed by atoms with Gasteiger partial charge >= 0.3 is 0 Å². The van der Waals surface area contributed by atoms with E-state index >= 15 is 0 Å². The number of methoxy groups -OCH3 is 1. The van der Waals surface area contributed by atoms with Crippen LogP contribution in [0, 0.1) is 6.92 Å². The second kappa shape index (κ2) is 6.60. The van der Waals surface area contributed by atoms with E-state index in [0.29, 0.717) is 11.3 Å². The van der Waals surface area contributed by atoms with E-state index in [1.54, 1.807) is 7.05 Å². The molecular weight excluding hydrogens is 338 g/mol. The van der Waals surface area contributed by atoms with Gasteiger partial charge in [0, 0.05) is 36.1 Å². The summed E-state index contributed by atoms with van der Waals surface area (Å²) in [5, 5.41) is 10.6. The zero-order valence-electron chi connectivity index (χ0n) is 12.2. The largest absolute Gasteiger partial charge is 0.451 e. The highest BCUT2D eigenvalue weighted by Gasteiger charge is 2.22. The van der Waals surface area contributed by atoms with Crippen molar-refractivity contribution in [1.29, 1.82) is 0 Å². The molecule has 0 aliphatic carbocycles. The number of carbonyl (C=O) groups is 1. The van der Waals surface area contributed by atoms with Crippen LogP contribution in [0.15, 0.2) is 27.1 Å². The molecular formula is C15H18BrNO4. The number of halogens is 1. The molecule has 1 atom stereocenters. The molecule has 0 spiro atoms. The zero-order valence-corrected chi connectivity index (χ0v) is 13.8. The Balaban J connectivity index is 2.25. The van der Waals surface area contributed by atoms with Crippen LogP contribution >= 0.6 is 15.9 Å². The molecule has 2 aromatic rings. The average molecular weight is 356 g/mol. The molecule has 1 aromatic heterocycles. The molecule has 0 fully saturated rings. The molecule has 0 saturated carbocycles. The standard InChI is InChI=1S/C15H18BrNO4/c1-9-12-6-10(16)4-5-13(12)21-14(9)15(19)17(2)7-11(18)8-20-3/h4-6,11,18H,7-8H2,1-3H3. The third-order valence-electron chi connectivity index (χ3n) is 3.28. The molecule has 0 aliphatic rings. The van der Waals surface area contributed by atoms with E-state index in [1.165, 1.54) is 12.0 Å². The Hall–Kier alpha value is -1.37. The van der Waals surface area contributed by atoms with Crippen molar-refractivity contribution in [1.82, 2.24) is 4.90 Å². The van der Waals surface area contributed by atoms with Crippen LogP contribution in [-0.4, -0.2) is 49.3 Å². The number of furan rings is 1. The first-order valence-corrected chi connectivity index (χ1v) is 7.34. The maximum atomic E-state index is 12.4. The molecule has 1 aromatic carbocycles. The number of aliphatic hydroxyl groups is 1. The van der Waals surface area contributed by atoms with Gasteiger partial charge in [-0.3, -0.25) is 4.79 Å². The van der Waals surface area contributed by atoms with Gasteiger partial charge in [-0.15, -0.1) is 0 Å². The number of likely N-dealkylation sites (N-methyl/N-ethyl adjacent to an activating group) is 1. The molecule has 1 amide bonds. The lowest BCUT2D eigenvalue weighted by Gasteiger charge is -2.19. The molecule has 0 radical (unpaired) electrons. The quantitative estimate of drug-likeness (QED) is 0.895. The van der Waals surface area contributed by atoms with Crippen molar-refractivity contribution in [3.63, 3.8) is 0 Å². The maximum Gasteiger partial charge on any atom is 0.289 e. The summed E-state index contributed by atoms with van der Waals surface area (Å²) in [7, 11) is 3.13. The van der Waals surface area contributed by atoms with Crippen LogP contribution in [0.25, 0.3) is 11.0 Å². The van der Waals surface area contributed by atoms with Crippen LogP contribution in [0.3, 0.4) is 0 Å². The second-order valence-electron chi connectivity index (χ2n) is 4.99. The van der Waals surface area contributed by atoms with E-state index in [-0.39, 0.29) is 19.1 Å². The van der Waals surface area contributed by atoms with Crippen LogP contribution < -0.4 is 0 Å². The van der Waals surface area contributed by atoms with Gasteiger partial charge in [0.25, 0.3) is 5.91 Å². The number of nitrogens with zero attached hydrogens (tertiary/aromatic N) is 1. The minimum Gasteiger partial charge on any atom is -0.451 e. The predicted octanol–water partition coefficient (Wildman–Crippen LogP) is 2.58. The fourth-order valence-corrected chi connectivity index (χ4v) is 2.58. The molecule has 1 N–H and O–H groups in total. The van der Waals surface area contributed by atoms with Crippen molar-refractivity contribution < 1.29 is 19.1 Å². The molecule has 0 bridgehead atoms. The number of carbonyl (C=O) groups excluding carboxylic acids is 1. The van der Waals surface area contributed by atoms with Crippen LogP contribution in [-0.2, 0) is 4.74 Å². The third kappa shape index (κ3) is 3.45. The molecule has 5 nitrogen and oxygen atoms in total. The van der Waals surface area contributed by atoms with Crippen molar-refractivity contribution in [3.05, 3.63) is 34.0 Å². The number of fused-ring (bicyclic) bond motifs is 1. The minimum atomic E-state index is -0.720. The topological polar surface area (TPSA) is 62.9 Å². The Morgan fingerprint density at radius 1 is 1.52 bits per heavy atom. The third-order valence-corrected chi connectivity index (χ3v) is 3.78. The maximum absolute atomic E-state index is 12.4. The first-order valence-electron chi connectivity index (χ1n) is 6.55. The molecule has 0 aliphatic heterocycles. The Morgan fingerprint density at radius 3 is 2.90 bits per heavy atom. The van der Waals surface area contributed by atoms with Gasteiger partial charge < -0.3 is 19.2 Å². The van der Waals surface area contributed by atoms with Crippen LogP contribution in [0.1, 0.15) is 16.1 Å². The molecule has 2 rings (SSSR count). The Labute approximate surface area is 131 Å². The summed E-state index contributed by atoms with van der Waals surface area (Å²) < 4.78 is 11.4. The summed E-state index contributed by atoms with van der Waals surface area (Å²) >= 11 is 3.41. The highest BCUT2D eigenvalue weighted by Crippen LogP contribution is 2.28. The molecule has 6 heteroatoms. The second-order valence-corrected chi connectivity index (χ2v) is 5.91. The molecule has 0 saturated heterocycles. The highest BCUT2D eigenvalue weighted by atomic mass is 79.9. The first-order chi connectivity index (χ1) is 9.93. The van der Waals surface area contributed by atoms with E-state index in [4.69, 9.17) is 9.15 Å². The van der Waals surface area contributed by atoms with Gasteiger partial charge in [0.05, 0.1) is 12.7 Å². The van der Waals surface area contributed by atoms with Gasteiger partial charge in [-0.05, 0) is 25.1 Å². The van der Waals surface area contributed by atoms with Gasteiger partial charge in [-0.2, -0.15) is 0 Å². The lowest BCUT2D eigenvalue weighted by Crippen LogP contribution is -2.36. The van der Waals surface area contributed by atoms with E-state index in [9.17, 15) is 9.90 Å². The Kier molecular flexibility index (Phi) is 5.03. The average Bonchev–Trinajstić information content (AvgIpc) is 2.75. The van der Waals surface area contributed by atoms with Gasteiger partial charge in [0.2, 0.25) is 0 Å². The first kappa shape index (κ1) is 16.0. The normalized spacial score (nSPS) is 12.6. The number of aryl methyl sites for hydroxylation is 1. The fourth-order valence-electron chi connectivity index (χ4n) is 2.21. The zero-order chi connectivity index (χ0) is 15.6. The monoisotopic (exact) mass is 355 g/mol. The summed E-state index contributed by atoms with van der Waals surface area (Å²) in [4.78, 5) is 13.9. The van der Waals surface area contributed by atoms with Crippen LogP contribution in [0.2, 0.25) is 0 Å². The summed E-state index contributed by atoms with van der Waals surface area (Å²) in [6.45, 7) is 2.22. The summed E-state index contributed by atoms with van der Waals surface area (Å²) in [6.07, 6.45) is -0.720. The molecule has 1 unspecified atom stereocenters. The van der Waals surface area contributed by atoms with E-state index in [1.807, 2.05) is 25.1 Å². The minimum absolute atomic E-state index is 0.184. The van der Waals surface area contributed by atoms with Crippen LogP contribution in [0.5, 0.6) is 0 Å². The lowest BCUT2D eigenvalue weighted by molar-refractivity contribution is 0.0368. The van der Waals surface area contributed by atoms with Crippen molar-refractivity contribution in [2.24, 2.45) is 0 Å². The van der Waals surface area contributed by atoms with Crippen LogP contribution in [0.4, 0.5) is 0 Å². The van der Waals surface area contributed by atoms with E-state index < -0.39 is 6.10 Å². The summed E-state index contributed by atoms with van der Waals surface area (Å²) in [5.41, 5.74) is 1.47. The van der Waals surface area contributed by atoms with Crippen molar-refractivity contribution >= 4 is 32.8 Å². The molecule has 1 heterocycles. The SMILES string of the molecule is COCC(O)CN(C)C(=O)c1oc2ccc(Br)cc2c1C. The van der Waals surface area contributed by atoms with Gasteiger partial charge in [-0.25, -0.2) is 0 Å². The number of benzene rings is 1. The number of aliphatic hydroxyl groups excluding tert-OH is 1. The molecule has 114 valence electrons. The van der Waals surface area contributed by atoms with Crippen molar-refractivity contribution in [2.75, 3.05) is 27.3 Å².